The zero-order chi connectivity index (χ0) is 28.5. The summed E-state index contributed by atoms with van der Waals surface area (Å²) in [5.41, 5.74) is 6.31. The second kappa shape index (κ2) is 10.8. The number of hydrogen-bond donors (Lipinski definition) is 1. The number of primary amides is 1. The lowest BCUT2D eigenvalue weighted by molar-refractivity contribution is -0.145. The van der Waals surface area contributed by atoms with Gasteiger partial charge in [0, 0.05) is 42.9 Å². The molecule has 0 unspecified atom stereocenters. The predicted octanol–water partition coefficient (Wildman–Crippen LogP) is 3.70. The first-order valence-corrected chi connectivity index (χ1v) is 13.0. The molecule has 0 radical (unpaired) electrons. The molecule has 1 aliphatic rings. The first-order chi connectivity index (χ1) is 18.3. The monoisotopic (exact) mass is 568 g/mol. The Hall–Kier alpha value is -3.78. The van der Waals surface area contributed by atoms with Crippen LogP contribution in [0.5, 0.6) is 0 Å². The standard InChI is InChI=1S/C25H21F5N4O4S/c26-17-3-5-19(6-4-17)39(37,38)34-13-18(27)10-21(34)22(35)8-2-15-9-14(1-7-20(15)23(31)36)16-11-32-24(33-12-16)25(28,29)30/h1,3-7,9,11-12,18,21H,2,8,10,13H2,(H2,31,36)/t18-,21+/m1/s1. The van der Waals surface area contributed by atoms with E-state index in [4.69, 9.17) is 5.73 Å². The van der Waals surface area contributed by atoms with Crippen LogP contribution in [0.4, 0.5) is 22.0 Å². The number of aryl methyl sites for hydroxylation is 1. The highest BCUT2D eigenvalue weighted by atomic mass is 32.2. The number of aromatic nitrogens is 2. The number of Topliss-reactive ketones (excluding diaryl/α,β-unsaturated/α-hetero) is 1. The number of carbonyl (C=O) groups excluding carboxylic acids is 2. The summed E-state index contributed by atoms with van der Waals surface area (Å²) in [5, 5.41) is 0. The van der Waals surface area contributed by atoms with Crippen LogP contribution in [0.1, 0.15) is 34.6 Å². The van der Waals surface area contributed by atoms with Crippen molar-refractivity contribution in [3.05, 3.63) is 77.6 Å². The van der Waals surface area contributed by atoms with Gasteiger partial charge in [-0.1, -0.05) is 12.1 Å². The fourth-order valence-corrected chi connectivity index (χ4v) is 5.97. The molecule has 0 bridgehead atoms. The Balaban J connectivity index is 1.56. The minimum atomic E-state index is -4.73. The molecule has 2 aromatic carbocycles. The van der Waals surface area contributed by atoms with Crippen molar-refractivity contribution < 1.29 is 40.0 Å². The van der Waals surface area contributed by atoms with Gasteiger partial charge in [-0.2, -0.15) is 17.5 Å². The molecule has 1 amide bonds. The summed E-state index contributed by atoms with van der Waals surface area (Å²) in [6.07, 6.45) is -5.16. The van der Waals surface area contributed by atoms with E-state index in [0.717, 1.165) is 41.0 Å². The number of carbonyl (C=O) groups is 2. The summed E-state index contributed by atoms with van der Waals surface area (Å²) < 4.78 is 92.8. The van der Waals surface area contributed by atoms with Crippen LogP contribution >= 0.6 is 0 Å². The molecular weight excluding hydrogens is 547 g/mol. The molecule has 39 heavy (non-hydrogen) atoms. The van der Waals surface area contributed by atoms with Gasteiger partial charge in [-0.05, 0) is 47.9 Å². The third-order valence-electron chi connectivity index (χ3n) is 6.25. The van der Waals surface area contributed by atoms with Gasteiger partial charge < -0.3 is 5.73 Å². The topological polar surface area (TPSA) is 123 Å². The number of amides is 1. The number of sulfonamides is 1. The average molecular weight is 569 g/mol. The highest BCUT2D eigenvalue weighted by molar-refractivity contribution is 7.89. The number of ketones is 1. The Kier molecular flexibility index (Phi) is 7.80. The van der Waals surface area contributed by atoms with Crippen molar-refractivity contribution in [3.8, 4) is 11.1 Å². The Morgan fingerprint density at radius 1 is 1.03 bits per heavy atom. The molecule has 2 heterocycles. The predicted molar refractivity (Wildman–Crippen MR) is 128 cm³/mol. The van der Waals surface area contributed by atoms with Gasteiger partial charge in [-0.25, -0.2) is 27.2 Å². The van der Waals surface area contributed by atoms with Crippen LogP contribution in [-0.2, 0) is 27.4 Å². The lowest BCUT2D eigenvalue weighted by Gasteiger charge is -2.23. The minimum Gasteiger partial charge on any atom is -0.366 e. The van der Waals surface area contributed by atoms with Crippen LogP contribution in [0, 0.1) is 5.82 Å². The van der Waals surface area contributed by atoms with Crippen molar-refractivity contribution in [3.63, 3.8) is 0 Å². The van der Waals surface area contributed by atoms with Crippen LogP contribution in [0.25, 0.3) is 11.1 Å². The van der Waals surface area contributed by atoms with Gasteiger partial charge >= 0.3 is 6.18 Å². The molecule has 0 saturated carbocycles. The number of alkyl halides is 4. The molecule has 1 aliphatic heterocycles. The smallest absolute Gasteiger partial charge is 0.366 e. The Morgan fingerprint density at radius 3 is 2.26 bits per heavy atom. The quantitative estimate of drug-likeness (QED) is 0.414. The first kappa shape index (κ1) is 28.2. The number of benzene rings is 2. The number of halogens is 5. The van der Waals surface area contributed by atoms with Crippen LogP contribution in [0.2, 0.25) is 0 Å². The maximum Gasteiger partial charge on any atom is 0.451 e. The molecule has 0 aliphatic carbocycles. The molecule has 206 valence electrons. The molecule has 1 aromatic heterocycles. The summed E-state index contributed by atoms with van der Waals surface area (Å²) in [7, 11) is -4.31. The van der Waals surface area contributed by atoms with E-state index in [1.165, 1.54) is 18.2 Å². The van der Waals surface area contributed by atoms with Crippen LogP contribution < -0.4 is 5.73 Å². The Morgan fingerprint density at radius 2 is 1.67 bits per heavy atom. The molecule has 2 atom stereocenters. The summed E-state index contributed by atoms with van der Waals surface area (Å²) >= 11 is 0. The minimum absolute atomic E-state index is 0.0463. The van der Waals surface area contributed by atoms with Crippen molar-refractivity contribution in [1.82, 2.24) is 14.3 Å². The van der Waals surface area contributed by atoms with E-state index in [1.54, 1.807) is 0 Å². The summed E-state index contributed by atoms with van der Waals surface area (Å²) in [6.45, 7) is -0.550. The summed E-state index contributed by atoms with van der Waals surface area (Å²) in [4.78, 5) is 31.4. The SMILES string of the molecule is NC(=O)c1ccc(-c2cnc(C(F)(F)F)nc2)cc1CCC(=O)[C@@H]1C[C@@H](F)CN1S(=O)(=O)c1ccc(F)cc1. The van der Waals surface area contributed by atoms with Crippen molar-refractivity contribution in [2.75, 3.05) is 6.54 Å². The average Bonchev–Trinajstić information content (AvgIpc) is 3.29. The molecule has 4 rings (SSSR count). The number of nitrogens with two attached hydrogens (primary N) is 1. The second-order valence-corrected chi connectivity index (χ2v) is 10.8. The molecule has 3 aromatic rings. The van der Waals surface area contributed by atoms with Crippen LogP contribution in [0.15, 0.2) is 59.8 Å². The maximum absolute atomic E-state index is 14.3. The molecule has 1 fully saturated rings. The van der Waals surface area contributed by atoms with E-state index in [-0.39, 0.29) is 40.8 Å². The number of rotatable bonds is 8. The number of nitrogens with zero attached hydrogens (tertiary/aromatic N) is 3. The molecule has 2 N–H and O–H groups in total. The zero-order valence-corrected chi connectivity index (χ0v) is 20.8. The van der Waals surface area contributed by atoms with Gasteiger partial charge in [-0.3, -0.25) is 9.59 Å². The molecule has 0 spiro atoms. The van der Waals surface area contributed by atoms with Crippen LogP contribution in [0.3, 0.4) is 0 Å². The zero-order valence-electron chi connectivity index (χ0n) is 20.0. The van der Waals surface area contributed by atoms with Crippen LogP contribution in [-0.4, -0.2) is 53.1 Å². The third kappa shape index (κ3) is 6.11. The normalized spacial score (nSPS) is 18.3. The molecule has 1 saturated heterocycles. The fraction of sp³-hybridized carbons (Fsp3) is 0.280. The largest absolute Gasteiger partial charge is 0.451 e. The highest BCUT2D eigenvalue weighted by Crippen LogP contribution is 2.31. The van der Waals surface area contributed by atoms with Gasteiger partial charge in [0.2, 0.25) is 21.8 Å². The maximum atomic E-state index is 14.3. The lowest BCUT2D eigenvalue weighted by Crippen LogP contribution is -2.40. The third-order valence-corrected chi connectivity index (χ3v) is 8.14. The van der Waals surface area contributed by atoms with Gasteiger partial charge in [0.1, 0.15) is 12.0 Å². The van der Waals surface area contributed by atoms with Crippen molar-refractivity contribution in [1.29, 1.82) is 0 Å². The second-order valence-electron chi connectivity index (χ2n) is 8.87. The van der Waals surface area contributed by atoms with Gasteiger partial charge in [-0.15, -0.1) is 0 Å². The van der Waals surface area contributed by atoms with E-state index in [9.17, 15) is 40.0 Å². The van der Waals surface area contributed by atoms with Crippen molar-refractivity contribution in [2.45, 2.75) is 42.5 Å². The molecular formula is C25H21F5N4O4S. The van der Waals surface area contributed by atoms with Gasteiger partial charge in [0.15, 0.2) is 5.78 Å². The van der Waals surface area contributed by atoms with Crippen molar-refractivity contribution >= 4 is 21.7 Å². The molecule has 8 nitrogen and oxygen atoms in total. The van der Waals surface area contributed by atoms with E-state index in [1.807, 2.05) is 0 Å². The Labute approximate surface area is 219 Å². The fourth-order valence-electron chi connectivity index (χ4n) is 4.32. The summed E-state index contributed by atoms with van der Waals surface area (Å²) in [5.74, 6) is -3.42. The lowest BCUT2D eigenvalue weighted by atomic mass is 9.95. The van der Waals surface area contributed by atoms with Gasteiger partial charge in [0.05, 0.1) is 10.9 Å². The van der Waals surface area contributed by atoms with E-state index in [2.05, 4.69) is 9.97 Å². The molecule has 14 heteroatoms. The van der Waals surface area contributed by atoms with E-state index in [0.29, 0.717) is 5.56 Å². The van der Waals surface area contributed by atoms with Gasteiger partial charge in [0.25, 0.3) is 0 Å². The van der Waals surface area contributed by atoms with Crippen molar-refractivity contribution in [2.24, 2.45) is 5.73 Å². The van der Waals surface area contributed by atoms with E-state index >= 15 is 0 Å². The van der Waals surface area contributed by atoms with E-state index < -0.39 is 58.3 Å². The first-order valence-electron chi connectivity index (χ1n) is 11.5. The summed E-state index contributed by atoms with van der Waals surface area (Å²) in [6, 6.07) is 6.81. The highest BCUT2D eigenvalue weighted by Gasteiger charge is 2.43. The number of hydrogen-bond acceptors (Lipinski definition) is 6. The Bertz CT molecular complexity index is 1500.